The Kier molecular flexibility index (Phi) is 8.75. The molecule has 3 N–H and O–H groups in total. The molecule has 43 heavy (non-hydrogen) atoms. The lowest BCUT2D eigenvalue weighted by atomic mass is 10.1. The number of carboxylic acid groups (broad SMARTS) is 1. The molecule has 15 heteroatoms. The third-order valence-corrected chi connectivity index (χ3v) is 7.49. The Morgan fingerprint density at radius 2 is 1.26 bits per heavy atom. The monoisotopic (exact) mass is 615 g/mol. The topological polar surface area (TPSA) is 160 Å². The van der Waals surface area contributed by atoms with Crippen LogP contribution in [-0.4, -0.2) is 75.7 Å². The number of H-pyrrole nitrogens is 2. The minimum atomic E-state index is -0.989. The van der Waals surface area contributed by atoms with Gasteiger partial charge in [0.05, 0.1) is 42.9 Å². The maximum absolute atomic E-state index is 12.8. The lowest BCUT2D eigenvalue weighted by Gasteiger charge is -2.24. The van der Waals surface area contributed by atoms with E-state index < -0.39 is 18.1 Å². The molecule has 0 aliphatic rings. The van der Waals surface area contributed by atoms with Crippen molar-refractivity contribution < 1.29 is 19.5 Å². The van der Waals surface area contributed by atoms with Crippen LogP contribution in [-0.2, 0) is 14.4 Å². The predicted molar refractivity (Wildman–Crippen MR) is 162 cm³/mol. The molecule has 0 spiro atoms. The molecule has 0 radical (unpaired) electrons. The number of carbonyl (C=O) groups excluding carboxylic acids is 1. The smallest absolute Gasteiger partial charge is 0.331 e. The van der Waals surface area contributed by atoms with Crippen molar-refractivity contribution in [2.75, 3.05) is 14.2 Å². The molecular formula is C28H25N9O4S2. The molecule has 1 amide bonds. The van der Waals surface area contributed by atoms with Gasteiger partial charge in [-0.3, -0.25) is 19.8 Å². The summed E-state index contributed by atoms with van der Waals surface area (Å²) in [5.41, 5.74) is 2.57. The van der Waals surface area contributed by atoms with Crippen molar-refractivity contribution in [3.63, 3.8) is 0 Å². The van der Waals surface area contributed by atoms with Gasteiger partial charge in [0.1, 0.15) is 15.3 Å². The number of aromatic amines is 2. The average Bonchev–Trinajstić information content (AvgIpc) is 3.71. The lowest BCUT2D eigenvalue weighted by Crippen LogP contribution is -2.34. The first-order valence-electron chi connectivity index (χ1n) is 12.8. The molecule has 0 aliphatic carbocycles. The van der Waals surface area contributed by atoms with Gasteiger partial charge in [-0.25, -0.2) is 19.8 Å². The van der Waals surface area contributed by atoms with Crippen LogP contribution in [0.4, 0.5) is 0 Å². The highest BCUT2D eigenvalue weighted by Crippen LogP contribution is 2.24. The van der Waals surface area contributed by atoms with E-state index in [0.717, 1.165) is 5.56 Å². The number of aliphatic carboxylic acids is 1. The first-order chi connectivity index (χ1) is 20.8. The van der Waals surface area contributed by atoms with Crippen LogP contribution in [0, 0.1) is 9.28 Å². The zero-order valence-electron chi connectivity index (χ0n) is 22.9. The third kappa shape index (κ3) is 5.94. The Balaban J connectivity index is 0.000000173. The summed E-state index contributed by atoms with van der Waals surface area (Å²) in [6.07, 6.45) is 6.12. The summed E-state index contributed by atoms with van der Waals surface area (Å²) in [4.78, 5) is 37.9. The van der Waals surface area contributed by atoms with Gasteiger partial charge < -0.3 is 14.2 Å². The number of hydrogen-bond donors (Lipinski definition) is 3. The number of carboxylic acids is 1. The summed E-state index contributed by atoms with van der Waals surface area (Å²) in [5.74, 6) is -1.24. The standard InChI is InChI=1S/C15H15N5O2S.C13H10N4O2S/c1-19(22-2)14(21)12(10-6-4-3-5-7-10)20-9-16-13-11(15(20)23)8-17-18-13;18-13(19)10(8-4-2-1-3-5-8)17-7-14-11-9(12(17)20)6-15-16-11/h3-9,12H,1-2H3,(H,17,18);1-7,10H,(H,15,16)(H,18,19). The van der Waals surface area contributed by atoms with E-state index in [0.29, 0.717) is 36.9 Å². The number of nitrogens with one attached hydrogen (secondary N) is 2. The molecule has 2 atom stereocenters. The fourth-order valence-corrected chi connectivity index (χ4v) is 5.04. The molecule has 0 fully saturated rings. The Morgan fingerprint density at radius 1 is 0.814 bits per heavy atom. The summed E-state index contributed by atoms with van der Waals surface area (Å²) in [6.45, 7) is 0. The first-order valence-corrected chi connectivity index (χ1v) is 13.6. The van der Waals surface area contributed by atoms with Crippen LogP contribution >= 0.6 is 24.4 Å². The number of aromatic nitrogens is 8. The molecule has 13 nitrogen and oxygen atoms in total. The molecule has 4 aromatic heterocycles. The summed E-state index contributed by atoms with van der Waals surface area (Å²) < 4.78 is 3.99. The molecule has 2 unspecified atom stereocenters. The Labute approximate surface area is 254 Å². The van der Waals surface area contributed by atoms with E-state index in [1.807, 2.05) is 36.4 Å². The zero-order valence-corrected chi connectivity index (χ0v) is 24.5. The summed E-state index contributed by atoms with van der Waals surface area (Å²) in [5, 5.41) is 25.3. The molecule has 0 saturated heterocycles. The van der Waals surface area contributed by atoms with Gasteiger partial charge >= 0.3 is 5.97 Å². The summed E-state index contributed by atoms with van der Waals surface area (Å²) in [7, 11) is 3.00. The van der Waals surface area contributed by atoms with E-state index in [2.05, 4.69) is 30.4 Å². The van der Waals surface area contributed by atoms with E-state index in [9.17, 15) is 14.7 Å². The molecule has 0 bridgehead atoms. The Bertz CT molecular complexity index is 2010. The number of nitrogens with zero attached hydrogens (tertiary/aromatic N) is 7. The molecule has 0 aliphatic heterocycles. The number of fused-ring (bicyclic) bond motifs is 2. The van der Waals surface area contributed by atoms with Crippen LogP contribution in [0.15, 0.2) is 85.7 Å². The third-order valence-electron chi connectivity index (χ3n) is 6.63. The van der Waals surface area contributed by atoms with Crippen molar-refractivity contribution in [1.82, 2.24) is 44.6 Å². The van der Waals surface area contributed by atoms with Crippen molar-refractivity contribution in [1.29, 1.82) is 0 Å². The number of hydroxylamine groups is 2. The number of benzene rings is 2. The fourth-order valence-electron chi connectivity index (χ4n) is 4.44. The maximum Gasteiger partial charge on any atom is 0.331 e. The van der Waals surface area contributed by atoms with E-state index in [4.69, 9.17) is 29.3 Å². The van der Waals surface area contributed by atoms with Gasteiger partial charge in [0.25, 0.3) is 5.91 Å². The molecule has 4 heterocycles. The number of amides is 1. The zero-order chi connectivity index (χ0) is 30.5. The van der Waals surface area contributed by atoms with Crippen molar-refractivity contribution in [2.24, 2.45) is 0 Å². The average molecular weight is 616 g/mol. The van der Waals surface area contributed by atoms with Crippen LogP contribution in [0.5, 0.6) is 0 Å². The maximum atomic E-state index is 12.8. The predicted octanol–water partition coefficient (Wildman–Crippen LogP) is 4.26. The van der Waals surface area contributed by atoms with Crippen LogP contribution in [0.1, 0.15) is 23.2 Å². The lowest BCUT2D eigenvalue weighted by molar-refractivity contribution is -0.171. The summed E-state index contributed by atoms with van der Waals surface area (Å²) >= 11 is 10.9. The molecule has 6 aromatic rings. The van der Waals surface area contributed by atoms with Crippen LogP contribution in [0.3, 0.4) is 0 Å². The number of likely N-dealkylation sites (N-methyl/N-ethyl adjacent to an activating group) is 1. The van der Waals surface area contributed by atoms with E-state index in [1.165, 1.54) is 23.1 Å². The fraction of sp³-hybridized carbons (Fsp3) is 0.143. The second-order valence-electron chi connectivity index (χ2n) is 9.16. The van der Waals surface area contributed by atoms with Gasteiger partial charge in [0.15, 0.2) is 17.3 Å². The van der Waals surface area contributed by atoms with Crippen molar-refractivity contribution in [2.45, 2.75) is 12.1 Å². The molecule has 2 aromatic carbocycles. The number of carbonyl (C=O) groups is 2. The highest BCUT2D eigenvalue weighted by atomic mass is 32.1. The first kappa shape index (κ1) is 29.4. The quantitative estimate of drug-likeness (QED) is 0.175. The van der Waals surface area contributed by atoms with Gasteiger partial charge in [-0.2, -0.15) is 10.2 Å². The number of hydrogen-bond acceptors (Lipinski definition) is 9. The van der Waals surface area contributed by atoms with Crippen LogP contribution in [0.2, 0.25) is 0 Å². The second kappa shape index (κ2) is 12.8. The number of rotatable bonds is 7. The molecular weight excluding hydrogens is 591 g/mol. The van der Waals surface area contributed by atoms with E-state index in [-0.39, 0.29) is 5.91 Å². The van der Waals surface area contributed by atoms with Crippen LogP contribution < -0.4 is 0 Å². The second-order valence-corrected chi connectivity index (χ2v) is 9.93. The van der Waals surface area contributed by atoms with Gasteiger partial charge in [-0.1, -0.05) is 85.1 Å². The Morgan fingerprint density at radius 3 is 1.70 bits per heavy atom. The van der Waals surface area contributed by atoms with E-state index >= 15 is 0 Å². The van der Waals surface area contributed by atoms with Gasteiger partial charge in [0.2, 0.25) is 0 Å². The van der Waals surface area contributed by atoms with Crippen molar-refractivity contribution in [3.8, 4) is 0 Å². The largest absolute Gasteiger partial charge is 0.479 e. The molecule has 6 rings (SSSR count). The van der Waals surface area contributed by atoms with Gasteiger partial charge in [-0.05, 0) is 11.1 Å². The van der Waals surface area contributed by atoms with Gasteiger partial charge in [0, 0.05) is 7.05 Å². The molecule has 0 saturated carbocycles. The Hall–Kier alpha value is -5.12. The van der Waals surface area contributed by atoms with Crippen molar-refractivity contribution in [3.05, 3.63) is 106 Å². The SMILES string of the molecule is CON(C)C(=O)C(c1ccccc1)n1cnc2[nH]ncc2c1=S.O=C(O)C(c1ccccc1)n1cnc2[nH]ncc2c1=S. The minimum Gasteiger partial charge on any atom is -0.479 e. The summed E-state index contributed by atoms with van der Waals surface area (Å²) in [6, 6.07) is 16.7. The minimum absolute atomic E-state index is 0.251. The highest BCUT2D eigenvalue weighted by Gasteiger charge is 2.27. The van der Waals surface area contributed by atoms with E-state index in [1.54, 1.807) is 54.6 Å². The highest BCUT2D eigenvalue weighted by molar-refractivity contribution is 7.71. The normalized spacial score (nSPS) is 12.3. The van der Waals surface area contributed by atoms with Crippen LogP contribution in [0.25, 0.3) is 22.1 Å². The molecule has 218 valence electrons. The van der Waals surface area contributed by atoms with Gasteiger partial charge in [-0.15, -0.1) is 0 Å². The van der Waals surface area contributed by atoms with Crippen molar-refractivity contribution >= 4 is 58.4 Å².